The van der Waals surface area contributed by atoms with Gasteiger partial charge >= 0.3 is 6.03 Å². The maximum atomic E-state index is 12.1. The standard InChI is InChI=1S/C16H16N6O/c1-12(13-5-3-2-4-6-13)18-16(23)19-14-7-9-15(10-8-14)22-11-17-20-21-22/h2-12H,1H3,(H2,18,19,23). The summed E-state index contributed by atoms with van der Waals surface area (Å²) in [6.45, 7) is 1.94. The van der Waals surface area contributed by atoms with Crippen LogP contribution in [0.15, 0.2) is 60.9 Å². The zero-order valence-corrected chi connectivity index (χ0v) is 12.5. The van der Waals surface area contributed by atoms with E-state index in [2.05, 4.69) is 26.2 Å². The Kier molecular flexibility index (Phi) is 4.28. The van der Waals surface area contributed by atoms with E-state index < -0.39 is 0 Å². The largest absolute Gasteiger partial charge is 0.331 e. The van der Waals surface area contributed by atoms with E-state index in [1.54, 1.807) is 16.8 Å². The fourth-order valence-corrected chi connectivity index (χ4v) is 2.17. The molecular formula is C16H16N6O. The first-order valence-corrected chi connectivity index (χ1v) is 7.18. The van der Waals surface area contributed by atoms with Gasteiger partial charge in [-0.05, 0) is 47.2 Å². The maximum absolute atomic E-state index is 12.1. The van der Waals surface area contributed by atoms with Gasteiger partial charge in [0.2, 0.25) is 0 Å². The molecular weight excluding hydrogens is 292 g/mol. The highest BCUT2D eigenvalue weighted by Gasteiger charge is 2.09. The Hall–Kier alpha value is -3.22. The zero-order chi connectivity index (χ0) is 16.1. The van der Waals surface area contributed by atoms with E-state index in [4.69, 9.17) is 0 Å². The van der Waals surface area contributed by atoms with E-state index in [-0.39, 0.29) is 12.1 Å². The Bertz CT molecular complexity index is 755. The van der Waals surface area contributed by atoms with Gasteiger partial charge in [0, 0.05) is 5.69 Å². The summed E-state index contributed by atoms with van der Waals surface area (Å²) in [6, 6.07) is 16.7. The summed E-state index contributed by atoms with van der Waals surface area (Å²) >= 11 is 0. The van der Waals surface area contributed by atoms with Gasteiger partial charge < -0.3 is 10.6 Å². The van der Waals surface area contributed by atoms with Crippen LogP contribution in [0.5, 0.6) is 0 Å². The van der Waals surface area contributed by atoms with Gasteiger partial charge in [0.15, 0.2) is 0 Å². The molecule has 116 valence electrons. The van der Waals surface area contributed by atoms with E-state index in [1.807, 2.05) is 49.4 Å². The first kappa shape index (κ1) is 14.7. The number of nitrogens with one attached hydrogen (secondary N) is 2. The molecule has 1 atom stereocenters. The van der Waals surface area contributed by atoms with E-state index in [0.29, 0.717) is 5.69 Å². The van der Waals surface area contributed by atoms with Crippen molar-refractivity contribution in [2.45, 2.75) is 13.0 Å². The van der Waals surface area contributed by atoms with Crippen LogP contribution in [0, 0.1) is 0 Å². The van der Waals surface area contributed by atoms with Gasteiger partial charge in [-0.1, -0.05) is 30.3 Å². The molecule has 0 bridgehead atoms. The normalized spacial score (nSPS) is 11.7. The zero-order valence-electron chi connectivity index (χ0n) is 12.5. The Morgan fingerprint density at radius 2 is 1.83 bits per heavy atom. The molecule has 23 heavy (non-hydrogen) atoms. The second kappa shape index (κ2) is 6.69. The molecule has 0 spiro atoms. The number of tetrazole rings is 1. The van der Waals surface area contributed by atoms with Crippen LogP contribution in [0.1, 0.15) is 18.5 Å². The van der Waals surface area contributed by atoms with Crippen molar-refractivity contribution in [3.63, 3.8) is 0 Å². The molecule has 2 amide bonds. The predicted octanol–water partition coefficient (Wildman–Crippen LogP) is 2.55. The third-order valence-electron chi connectivity index (χ3n) is 3.39. The van der Waals surface area contributed by atoms with Crippen molar-refractivity contribution in [2.24, 2.45) is 0 Å². The number of carbonyl (C=O) groups excluding carboxylic acids is 1. The highest BCUT2D eigenvalue weighted by molar-refractivity contribution is 5.89. The molecule has 1 aromatic heterocycles. The fraction of sp³-hybridized carbons (Fsp3) is 0.125. The highest BCUT2D eigenvalue weighted by Crippen LogP contribution is 2.14. The molecule has 7 nitrogen and oxygen atoms in total. The second-order valence-electron chi connectivity index (χ2n) is 5.03. The summed E-state index contributed by atoms with van der Waals surface area (Å²) in [5.41, 5.74) is 2.56. The number of benzene rings is 2. The predicted molar refractivity (Wildman–Crippen MR) is 86.2 cm³/mol. The van der Waals surface area contributed by atoms with E-state index in [0.717, 1.165) is 11.3 Å². The van der Waals surface area contributed by atoms with Crippen LogP contribution in [0.25, 0.3) is 5.69 Å². The minimum Gasteiger partial charge on any atom is -0.331 e. The Labute approximate surface area is 133 Å². The van der Waals surface area contributed by atoms with Crippen molar-refractivity contribution in [2.75, 3.05) is 5.32 Å². The summed E-state index contributed by atoms with van der Waals surface area (Å²) in [5.74, 6) is 0. The highest BCUT2D eigenvalue weighted by atomic mass is 16.2. The third-order valence-corrected chi connectivity index (χ3v) is 3.39. The summed E-state index contributed by atoms with van der Waals surface area (Å²) in [7, 11) is 0. The Morgan fingerprint density at radius 1 is 1.09 bits per heavy atom. The van der Waals surface area contributed by atoms with Gasteiger partial charge in [-0.25, -0.2) is 9.48 Å². The smallest absolute Gasteiger partial charge is 0.319 e. The molecule has 2 aromatic carbocycles. The van der Waals surface area contributed by atoms with Crippen molar-refractivity contribution in [3.8, 4) is 5.69 Å². The Morgan fingerprint density at radius 3 is 2.48 bits per heavy atom. The van der Waals surface area contributed by atoms with Gasteiger partial charge in [-0.3, -0.25) is 0 Å². The first-order chi connectivity index (χ1) is 11.2. The number of nitrogens with zero attached hydrogens (tertiary/aromatic N) is 4. The first-order valence-electron chi connectivity index (χ1n) is 7.18. The van der Waals surface area contributed by atoms with Crippen molar-refractivity contribution >= 4 is 11.7 Å². The van der Waals surface area contributed by atoms with E-state index in [1.165, 1.54) is 6.33 Å². The van der Waals surface area contributed by atoms with Crippen LogP contribution in [0.4, 0.5) is 10.5 Å². The fourth-order valence-electron chi connectivity index (χ4n) is 2.17. The van der Waals surface area contributed by atoms with Crippen LogP contribution in [0.2, 0.25) is 0 Å². The minimum absolute atomic E-state index is 0.0725. The van der Waals surface area contributed by atoms with Crippen LogP contribution in [-0.4, -0.2) is 26.2 Å². The molecule has 2 N–H and O–H groups in total. The van der Waals surface area contributed by atoms with Crippen LogP contribution in [-0.2, 0) is 0 Å². The monoisotopic (exact) mass is 308 g/mol. The number of rotatable bonds is 4. The molecule has 3 aromatic rings. The quantitative estimate of drug-likeness (QED) is 0.775. The molecule has 1 heterocycles. The Balaban J connectivity index is 1.60. The molecule has 0 saturated heterocycles. The van der Waals surface area contributed by atoms with Gasteiger partial charge in [0.05, 0.1) is 11.7 Å². The minimum atomic E-state index is -0.253. The average Bonchev–Trinajstić information content (AvgIpc) is 3.11. The van der Waals surface area contributed by atoms with Gasteiger partial charge in [-0.2, -0.15) is 0 Å². The lowest BCUT2D eigenvalue weighted by atomic mass is 10.1. The molecule has 0 saturated carbocycles. The number of aromatic nitrogens is 4. The molecule has 1 unspecified atom stereocenters. The van der Waals surface area contributed by atoms with Crippen LogP contribution < -0.4 is 10.6 Å². The summed E-state index contributed by atoms with van der Waals surface area (Å²) in [6.07, 6.45) is 1.51. The number of hydrogen-bond donors (Lipinski definition) is 2. The molecule has 7 heteroatoms. The SMILES string of the molecule is CC(NC(=O)Nc1ccc(-n2cnnn2)cc1)c1ccccc1. The molecule has 0 aliphatic carbocycles. The molecule has 0 fully saturated rings. The van der Waals surface area contributed by atoms with Gasteiger partial charge in [-0.15, -0.1) is 5.10 Å². The van der Waals surface area contributed by atoms with E-state index in [9.17, 15) is 4.79 Å². The number of urea groups is 1. The van der Waals surface area contributed by atoms with Crippen molar-refractivity contribution in [3.05, 3.63) is 66.5 Å². The van der Waals surface area contributed by atoms with Gasteiger partial charge in [0.1, 0.15) is 6.33 Å². The molecule has 0 aliphatic heterocycles. The van der Waals surface area contributed by atoms with Crippen molar-refractivity contribution < 1.29 is 4.79 Å². The van der Waals surface area contributed by atoms with Crippen molar-refractivity contribution in [1.29, 1.82) is 0 Å². The van der Waals surface area contributed by atoms with Crippen molar-refractivity contribution in [1.82, 2.24) is 25.5 Å². The summed E-state index contributed by atoms with van der Waals surface area (Å²) in [5, 5.41) is 16.7. The lowest BCUT2D eigenvalue weighted by molar-refractivity contribution is 0.249. The summed E-state index contributed by atoms with van der Waals surface area (Å²) < 4.78 is 1.54. The molecule has 3 rings (SSSR count). The average molecular weight is 308 g/mol. The number of amides is 2. The van der Waals surface area contributed by atoms with Gasteiger partial charge in [0.25, 0.3) is 0 Å². The maximum Gasteiger partial charge on any atom is 0.319 e. The number of anilines is 1. The lowest BCUT2D eigenvalue weighted by Crippen LogP contribution is -2.31. The van der Waals surface area contributed by atoms with E-state index >= 15 is 0 Å². The topological polar surface area (TPSA) is 84.7 Å². The number of carbonyl (C=O) groups is 1. The summed E-state index contributed by atoms with van der Waals surface area (Å²) in [4.78, 5) is 12.1. The van der Waals surface area contributed by atoms with Crippen LogP contribution >= 0.6 is 0 Å². The molecule has 0 aliphatic rings. The second-order valence-corrected chi connectivity index (χ2v) is 5.03. The lowest BCUT2D eigenvalue weighted by Gasteiger charge is -2.15. The van der Waals surface area contributed by atoms with Crippen LogP contribution in [0.3, 0.4) is 0 Å². The number of hydrogen-bond acceptors (Lipinski definition) is 4. The molecule has 0 radical (unpaired) electrons. The third kappa shape index (κ3) is 3.70.